The minimum absolute atomic E-state index is 0.0125. The summed E-state index contributed by atoms with van der Waals surface area (Å²) in [6, 6.07) is 1.76. The van der Waals surface area contributed by atoms with E-state index in [1.54, 1.807) is 30.4 Å². The highest BCUT2D eigenvalue weighted by atomic mass is 16.5. The molecule has 1 fully saturated rings. The molecule has 8 heteroatoms. The van der Waals surface area contributed by atoms with Crippen LogP contribution in [0.2, 0.25) is 0 Å². The average molecular weight is 318 g/mol. The van der Waals surface area contributed by atoms with Gasteiger partial charge in [-0.3, -0.25) is 9.48 Å². The molecular weight excluding hydrogens is 296 g/mol. The third-order valence-electron chi connectivity index (χ3n) is 4.25. The number of aromatic nitrogens is 4. The Balaban J connectivity index is 1.77. The predicted molar refractivity (Wildman–Crippen MR) is 84.8 cm³/mol. The third-order valence-corrected chi connectivity index (χ3v) is 4.25. The quantitative estimate of drug-likeness (QED) is 0.872. The third kappa shape index (κ3) is 3.21. The van der Waals surface area contributed by atoms with Gasteiger partial charge >= 0.3 is 0 Å². The summed E-state index contributed by atoms with van der Waals surface area (Å²) >= 11 is 0. The maximum atomic E-state index is 12.8. The van der Waals surface area contributed by atoms with Gasteiger partial charge in [-0.2, -0.15) is 5.10 Å². The van der Waals surface area contributed by atoms with Gasteiger partial charge in [0, 0.05) is 32.6 Å². The van der Waals surface area contributed by atoms with Gasteiger partial charge in [0.15, 0.2) is 0 Å². The second-order valence-electron chi connectivity index (χ2n) is 5.76. The van der Waals surface area contributed by atoms with Crippen LogP contribution in [0.5, 0.6) is 0 Å². The van der Waals surface area contributed by atoms with Crippen molar-refractivity contribution in [2.24, 2.45) is 0 Å². The summed E-state index contributed by atoms with van der Waals surface area (Å²) in [4.78, 5) is 18.8. The molecule has 1 aliphatic rings. The van der Waals surface area contributed by atoms with E-state index in [2.05, 4.69) is 10.1 Å². The lowest BCUT2D eigenvalue weighted by Crippen LogP contribution is -2.38. The molecule has 1 aliphatic heterocycles. The number of hydrogen-bond acceptors (Lipinski definition) is 5. The van der Waals surface area contributed by atoms with E-state index in [9.17, 15) is 4.79 Å². The second-order valence-corrected chi connectivity index (χ2v) is 5.76. The number of rotatable bonds is 5. The zero-order valence-electron chi connectivity index (χ0n) is 13.4. The smallest absolute Gasteiger partial charge is 0.274 e. The number of ether oxygens (including phenoxy) is 1. The van der Waals surface area contributed by atoms with E-state index in [0.29, 0.717) is 24.6 Å². The molecule has 124 valence electrons. The van der Waals surface area contributed by atoms with Gasteiger partial charge in [0.2, 0.25) is 0 Å². The SMILES string of the molecule is CCn1cnc(C(=O)N2C[C@H](OC)C[C@H]2Cn2ccc(N)n2)c1. The Kier molecular flexibility index (Phi) is 4.33. The summed E-state index contributed by atoms with van der Waals surface area (Å²) < 4.78 is 9.11. The van der Waals surface area contributed by atoms with Crippen molar-refractivity contribution in [2.45, 2.75) is 38.6 Å². The summed E-state index contributed by atoms with van der Waals surface area (Å²) in [5, 5.41) is 4.20. The van der Waals surface area contributed by atoms with Crippen LogP contribution >= 0.6 is 0 Å². The number of likely N-dealkylation sites (tertiary alicyclic amines) is 1. The number of methoxy groups -OCH3 is 1. The Morgan fingerprint density at radius 2 is 2.35 bits per heavy atom. The molecule has 0 saturated carbocycles. The Morgan fingerprint density at radius 1 is 1.52 bits per heavy atom. The van der Waals surface area contributed by atoms with Crippen molar-refractivity contribution in [2.75, 3.05) is 19.4 Å². The number of aryl methyl sites for hydroxylation is 1. The minimum atomic E-state index is -0.0677. The van der Waals surface area contributed by atoms with Crippen molar-refractivity contribution in [3.05, 3.63) is 30.5 Å². The molecule has 3 rings (SSSR count). The fourth-order valence-corrected chi connectivity index (χ4v) is 2.95. The van der Waals surface area contributed by atoms with Gasteiger partial charge in [-0.15, -0.1) is 0 Å². The molecule has 2 aromatic heterocycles. The molecule has 0 aliphatic carbocycles. The zero-order chi connectivity index (χ0) is 16.4. The highest BCUT2D eigenvalue weighted by molar-refractivity contribution is 5.92. The second kappa shape index (κ2) is 6.41. The van der Waals surface area contributed by atoms with Crippen molar-refractivity contribution in [3.63, 3.8) is 0 Å². The van der Waals surface area contributed by atoms with E-state index >= 15 is 0 Å². The number of carbonyl (C=O) groups excluding carboxylic acids is 1. The molecule has 3 heterocycles. The van der Waals surface area contributed by atoms with Crippen LogP contribution in [0.4, 0.5) is 5.82 Å². The van der Waals surface area contributed by atoms with Crippen molar-refractivity contribution < 1.29 is 9.53 Å². The van der Waals surface area contributed by atoms with Gasteiger partial charge in [-0.05, 0) is 19.4 Å². The summed E-state index contributed by atoms with van der Waals surface area (Å²) in [5.41, 5.74) is 6.13. The van der Waals surface area contributed by atoms with E-state index < -0.39 is 0 Å². The molecule has 8 nitrogen and oxygen atoms in total. The Labute approximate surface area is 134 Å². The van der Waals surface area contributed by atoms with Crippen molar-refractivity contribution in [3.8, 4) is 0 Å². The lowest BCUT2D eigenvalue weighted by atomic mass is 10.2. The van der Waals surface area contributed by atoms with Gasteiger partial charge in [-0.25, -0.2) is 4.98 Å². The van der Waals surface area contributed by atoms with Gasteiger partial charge in [0.05, 0.1) is 25.0 Å². The molecule has 1 amide bonds. The largest absolute Gasteiger partial charge is 0.382 e. The monoisotopic (exact) mass is 318 g/mol. The lowest BCUT2D eigenvalue weighted by Gasteiger charge is -2.23. The molecule has 0 bridgehead atoms. The zero-order valence-corrected chi connectivity index (χ0v) is 13.4. The summed E-state index contributed by atoms with van der Waals surface area (Å²) in [5.74, 6) is 0.410. The van der Waals surface area contributed by atoms with Crippen molar-refractivity contribution in [1.82, 2.24) is 24.2 Å². The topological polar surface area (TPSA) is 91.2 Å². The molecular formula is C15H22N6O2. The van der Waals surface area contributed by atoms with Crippen LogP contribution in [-0.4, -0.2) is 55.9 Å². The fourth-order valence-electron chi connectivity index (χ4n) is 2.95. The molecule has 0 aromatic carbocycles. The van der Waals surface area contributed by atoms with Crippen molar-refractivity contribution in [1.29, 1.82) is 0 Å². The number of amides is 1. The van der Waals surface area contributed by atoms with E-state index in [1.807, 2.05) is 22.6 Å². The first-order chi connectivity index (χ1) is 11.1. The van der Waals surface area contributed by atoms with E-state index in [1.165, 1.54) is 0 Å². The molecule has 2 atom stereocenters. The molecule has 0 radical (unpaired) electrons. The number of nitrogen functional groups attached to an aromatic ring is 1. The maximum absolute atomic E-state index is 12.8. The maximum Gasteiger partial charge on any atom is 0.274 e. The van der Waals surface area contributed by atoms with Crippen molar-refractivity contribution >= 4 is 11.7 Å². The van der Waals surface area contributed by atoms with Gasteiger partial charge in [0.1, 0.15) is 11.5 Å². The standard InChI is InChI=1S/C15H22N6O2/c1-3-19-9-13(17-10-19)15(22)21-8-12(23-2)6-11(21)7-20-5-4-14(16)18-20/h4-5,9-12H,3,6-8H2,1-2H3,(H2,16,18)/t11-,12+/m0/s1. The van der Waals surface area contributed by atoms with Crippen LogP contribution < -0.4 is 5.73 Å². The first kappa shape index (κ1) is 15.5. The number of nitrogens with zero attached hydrogens (tertiary/aromatic N) is 5. The first-order valence-corrected chi connectivity index (χ1v) is 7.75. The molecule has 1 saturated heterocycles. The minimum Gasteiger partial charge on any atom is -0.382 e. The number of imidazole rings is 1. The predicted octanol–water partition coefficient (Wildman–Crippen LogP) is 0.611. The summed E-state index contributed by atoms with van der Waals surface area (Å²) in [7, 11) is 1.67. The van der Waals surface area contributed by atoms with Gasteiger partial charge in [-0.1, -0.05) is 0 Å². The van der Waals surface area contributed by atoms with Gasteiger partial charge < -0.3 is 19.9 Å². The lowest BCUT2D eigenvalue weighted by molar-refractivity contribution is 0.0673. The molecule has 2 aromatic rings. The number of carbonyl (C=O) groups is 1. The van der Waals surface area contributed by atoms with Gasteiger partial charge in [0.25, 0.3) is 5.91 Å². The molecule has 2 N–H and O–H groups in total. The highest BCUT2D eigenvalue weighted by Gasteiger charge is 2.36. The van der Waals surface area contributed by atoms with Crippen LogP contribution in [0.1, 0.15) is 23.8 Å². The number of nitrogens with two attached hydrogens (primary N) is 1. The van der Waals surface area contributed by atoms with Crippen LogP contribution in [0, 0.1) is 0 Å². The fraction of sp³-hybridized carbons (Fsp3) is 0.533. The number of hydrogen-bond donors (Lipinski definition) is 1. The Hall–Kier alpha value is -2.35. The molecule has 23 heavy (non-hydrogen) atoms. The van der Waals surface area contributed by atoms with Crippen LogP contribution in [-0.2, 0) is 17.8 Å². The molecule has 0 unspecified atom stereocenters. The Bertz CT molecular complexity index is 679. The first-order valence-electron chi connectivity index (χ1n) is 7.75. The van der Waals surface area contributed by atoms with E-state index in [0.717, 1.165) is 13.0 Å². The average Bonchev–Trinajstić information content (AvgIpc) is 3.26. The van der Waals surface area contributed by atoms with E-state index in [4.69, 9.17) is 10.5 Å². The van der Waals surface area contributed by atoms with Crippen LogP contribution in [0.15, 0.2) is 24.8 Å². The summed E-state index contributed by atoms with van der Waals surface area (Å²) in [6.07, 6.45) is 6.09. The summed E-state index contributed by atoms with van der Waals surface area (Å²) in [6.45, 7) is 3.96. The van der Waals surface area contributed by atoms with E-state index in [-0.39, 0.29) is 18.1 Å². The van der Waals surface area contributed by atoms with Crippen LogP contribution in [0.3, 0.4) is 0 Å². The van der Waals surface area contributed by atoms with Crippen LogP contribution in [0.25, 0.3) is 0 Å². The number of anilines is 1. The highest BCUT2D eigenvalue weighted by Crippen LogP contribution is 2.23. The normalized spacial score (nSPS) is 21.0. The molecule has 0 spiro atoms. The Morgan fingerprint density at radius 3 is 2.96 bits per heavy atom.